The molecule has 0 aliphatic rings. The Morgan fingerprint density at radius 3 is 0.280 bits per heavy atom. The van der Waals surface area contributed by atoms with Crippen molar-refractivity contribution in [1.29, 1.82) is 0 Å². The van der Waals surface area contributed by atoms with Crippen molar-refractivity contribution >= 4 is 47.4 Å². The normalized spacial score (nSPS) is 6.00. The minimum absolute atomic E-state index is 0. The average molecular weight is 658 g/mol. The molecule has 0 aromatic heterocycles. The zero-order valence-corrected chi connectivity index (χ0v) is 18.7. The monoisotopic (exact) mass is 658 g/mol. The first kappa shape index (κ1) is 44.4. The Balaban J connectivity index is -0.0000000309. The zero-order chi connectivity index (χ0) is 21.5. The Morgan fingerprint density at radius 1 is 0.280 bits per heavy atom. The molecule has 144 valence electrons. The molecule has 0 aromatic rings. The van der Waals surface area contributed by atoms with Gasteiger partial charge in [0.05, 0.1) is 0 Å². The Bertz CT molecular complexity index is 471. The van der Waals surface area contributed by atoms with Gasteiger partial charge in [-0.3, -0.25) is 54.8 Å². The van der Waals surface area contributed by atoms with Crippen molar-refractivity contribution in [2.45, 2.75) is 0 Å². The molecular weight excluding hydrogens is 658 g/mol. The predicted molar refractivity (Wildman–Crippen MR) is 49.8 cm³/mol. The van der Waals surface area contributed by atoms with Crippen LogP contribution in [0.5, 0.6) is 0 Å². The Hall–Kier alpha value is -0.152. The molecule has 0 unspecified atom stereocenters. The van der Waals surface area contributed by atoms with Gasteiger partial charge in [-0.15, -0.1) is 0 Å². The summed E-state index contributed by atoms with van der Waals surface area (Å²) in [5, 5.41) is 0. The van der Waals surface area contributed by atoms with E-state index in [2.05, 4.69) is 0 Å². The van der Waals surface area contributed by atoms with Crippen LogP contribution in [0.25, 0.3) is 0 Å². The largest absolute Gasteiger partial charge is 6.00 e. The molecule has 0 N–H and O–H groups in total. The molecule has 0 radical (unpaired) electrons. The standard InChI is InChI=1S/6HO3P.W/c6*1-4(2)3;/h6*(H,1,2,3);/q;;;;;;+6/p-6. The van der Waals surface area contributed by atoms with Crippen LogP contribution in [0.3, 0.4) is 0 Å². The molecule has 0 heterocycles. The first-order valence-corrected chi connectivity index (χ1v) is 9.86. The summed E-state index contributed by atoms with van der Waals surface area (Å²) in [6.45, 7) is 0. The van der Waals surface area contributed by atoms with Gasteiger partial charge in [0.1, 0.15) is 0 Å². The summed E-state index contributed by atoms with van der Waals surface area (Å²) >= 11 is 0. The number of hydrogen-bond acceptors (Lipinski definition) is 18. The van der Waals surface area contributed by atoms with Gasteiger partial charge in [0, 0.05) is 0 Å². The molecular formula is O18P6W. The van der Waals surface area contributed by atoms with Gasteiger partial charge < -0.3 is 29.4 Å². The van der Waals surface area contributed by atoms with Crippen LogP contribution in [0.4, 0.5) is 0 Å². The average Bonchev–Trinajstić information content (AvgIpc) is 2.08. The van der Waals surface area contributed by atoms with Crippen LogP contribution in [0, 0.1) is 0 Å². The summed E-state index contributed by atoms with van der Waals surface area (Å²) in [4.78, 5) is 50.9. The predicted octanol–water partition coefficient (Wildman–Crippen LogP) is -3.39. The van der Waals surface area contributed by atoms with E-state index < -0.39 is 47.4 Å². The van der Waals surface area contributed by atoms with Gasteiger partial charge in [-0.2, -0.15) is 0 Å². The smallest absolute Gasteiger partial charge is 0.744 e. The van der Waals surface area contributed by atoms with Crippen molar-refractivity contribution in [1.82, 2.24) is 0 Å². The molecule has 0 bridgehead atoms. The molecule has 25 heavy (non-hydrogen) atoms. The molecule has 0 fully saturated rings. The number of hydrogen-bond donors (Lipinski definition) is 0. The minimum atomic E-state index is -3.37. The van der Waals surface area contributed by atoms with Crippen LogP contribution in [-0.4, -0.2) is 0 Å². The maximum atomic E-state index is 8.48. The molecule has 0 spiro atoms. The van der Waals surface area contributed by atoms with Gasteiger partial charge in [0.2, 0.25) is 47.4 Å². The fraction of sp³-hybridized carbons (Fsp3) is 0. The van der Waals surface area contributed by atoms with E-state index >= 15 is 0 Å². The molecule has 0 aliphatic heterocycles. The molecule has 0 aliphatic carbocycles. The summed E-state index contributed by atoms with van der Waals surface area (Å²) in [5.74, 6) is 0. The van der Waals surface area contributed by atoms with E-state index in [1.54, 1.807) is 0 Å². The molecule has 0 amide bonds. The van der Waals surface area contributed by atoms with E-state index in [4.69, 9.17) is 84.1 Å². The first-order valence-electron chi connectivity index (χ1n) is 3.29. The van der Waals surface area contributed by atoms with Crippen molar-refractivity contribution in [3.05, 3.63) is 0 Å². The van der Waals surface area contributed by atoms with Crippen molar-refractivity contribution in [3.8, 4) is 0 Å². The van der Waals surface area contributed by atoms with Gasteiger partial charge in [0.15, 0.2) is 0 Å². The van der Waals surface area contributed by atoms with Gasteiger partial charge in [-0.05, 0) is 0 Å². The van der Waals surface area contributed by atoms with Crippen molar-refractivity contribution in [2.75, 3.05) is 0 Å². The summed E-state index contributed by atoms with van der Waals surface area (Å²) in [6.07, 6.45) is 0. The summed E-state index contributed by atoms with van der Waals surface area (Å²) < 4.78 is 102. The van der Waals surface area contributed by atoms with E-state index in [1.807, 2.05) is 0 Å². The van der Waals surface area contributed by atoms with Crippen LogP contribution < -0.4 is 29.4 Å². The van der Waals surface area contributed by atoms with Gasteiger partial charge in [-0.25, -0.2) is 0 Å². The minimum Gasteiger partial charge on any atom is -0.744 e. The fourth-order valence-corrected chi connectivity index (χ4v) is 0. The topological polar surface area (TPSA) is 343 Å². The quantitative estimate of drug-likeness (QED) is 0.229. The van der Waals surface area contributed by atoms with E-state index in [9.17, 15) is 0 Å². The molecule has 0 rings (SSSR count). The number of rotatable bonds is 0. The van der Waals surface area contributed by atoms with Crippen LogP contribution >= 0.6 is 47.4 Å². The third-order valence-electron chi connectivity index (χ3n) is 0. The van der Waals surface area contributed by atoms with E-state index in [1.165, 1.54) is 0 Å². The first-order chi connectivity index (χ1) is 10.4. The zero-order valence-electron chi connectivity index (χ0n) is 10.4. The third-order valence-corrected chi connectivity index (χ3v) is 0. The molecule has 0 aromatic carbocycles. The van der Waals surface area contributed by atoms with Crippen LogP contribution in [0.2, 0.25) is 0 Å². The van der Waals surface area contributed by atoms with Gasteiger partial charge in [-0.1, -0.05) is 0 Å². The molecule has 0 atom stereocenters. The van der Waals surface area contributed by atoms with Crippen LogP contribution in [0.1, 0.15) is 0 Å². The van der Waals surface area contributed by atoms with E-state index in [0.29, 0.717) is 0 Å². The maximum Gasteiger partial charge on any atom is 6.00 e. The summed E-state index contributed by atoms with van der Waals surface area (Å²) in [6, 6.07) is 0. The molecule has 0 saturated carbocycles. The van der Waals surface area contributed by atoms with Crippen molar-refractivity contribution in [2.24, 2.45) is 0 Å². The second-order valence-corrected chi connectivity index (χ2v) is 4.02. The molecule has 0 saturated heterocycles. The molecule has 18 nitrogen and oxygen atoms in total. The van der Waals surface area contributed by atoms with Gasteiger partial charge in [0.25, 0.3) is 0 Å². The second-order valence-electron chi connectivity index (χ2n) is 1.34. The van der Waals surface area contributed by atoms with E-state index in [0.717, 1.165) is 0 Å². The van der Waals surface area contributed by atoms with Crippen LogP contribution in [0.15, 0.2) is 0 Å². The van der Waals surface area contributed by atoms with Crippen molar-refractivity contribution in [3.63, 3.8) is 0 Å². The van der Waals surface area contributed by atoms with Crippen molar-refractivity contribution < 1.29 is 105 Å². The maximum absolute atomic E-state index is 8.48. The SMILES string of the molecule is O=P(=O)[O-].O=P(=O)[O-].O=P(=O)[O-].O=P(=O)[O-].O=P(=O)[O-].O=P(=O)[O-].[W+6]. The Kier molecular flexibility index (Phi) is 69.4. The summed E-state index contributed by atoms with van der Waals surface area (Å²) in [7, 11) is -20.2. The van der Waals surface area contributed by atoms with E-state index in [-0.39, 0.29) is 21.1 Å². The Labute approximate surface area is 153 Å². The Morgan fingerprint density at radius 2 is 0.280 bits per heavy atom. The third kappa shape index (κ3) is 495000. The van der Waals surface area contributed by atoms with Crippen LogP contribution in [-0.2, 0) is 75.8 Å². The fourth-order valence-electron chi connectivity index (χ4n) is 0. The molecule has 25 heteroatoms. The summed E-state index contributed by atoms with van der Waals surface area (Å²) in [5.41, 5.74) is 0. The van der Waals surface area contributed by atoms with Gasteiger partial charge >= 0.3 is 21.1 Å². The second kappa shape index (κ2) is 39.1.